The summed E-state index contributed by atoms with van der Waals surface area (Å²) >= 11 is 0. The molecule has 0 saturated carbocycles. The van der Waals surface area contributed by atoms with Gasteiger partial charge in [-0.05, 0) is 60.9 Å². The molecule has 4 rings (SSSR count). The number of anilines is 1. The van der Waals surface area contributed by atoms with Crippen LogP contribution in [0.5, 0.6) is 0 Å². The fraction of sp³-hybridized carbons (Fsp3) is 0.231. The molecule has 0 radical (unpaired) electrons. The lowest BCUT2D eigenvalue weighted by molar-refractivity contribution is 0.0700. The number of carbonyl (C=O) groups is 1. The highest BCUT2D eigenvalue weighted by Crippen LogP contribution is 2.22. The van der Waals surface area contributed by atoms with Crippen molar-refractivity contribution < 1.29 is 13.6 Å². The fourth-order valence-corrected chi connectivity index (χ4v) is 4.01. The summed E-state index contributed by atoms with van der Waals surface area (Å²) in [6, 6.07) is 19.5. The van der Waals surface area contributed by atoms with Gasteiger partial charge in [-0.1, -0.05) is 30.3 Å². The maximum Gasteiger partial charge on any atom is 0.295 e. The molecule has 0 atom stereocenters. The third kappa shape index (κ3) is 5.96. The zero-order chi connectivity index (χ0) is 23.0. The van der Waals surface area contributed by atoms with E-state index in [0.717, 1.165) is 32.5 Å². The molecular weight excluding hydrogens is 419 g/mol. The smallest absolute Gasteiger partial charge is 0.295 e. The Balaban J connectivity index is 1.42. The highest BCUT2D eigenvalue weighted by molar-refractivity contribution is 6.08. The molecule has 2 heterocycles. The van der Waals surface area contributed by atoms with Gasteiger partial charge in [0.25, 0.3) is 5.91 Å². The zero-order valence-corrected chi connectivity index (χ0v) is 18.3. The van der Waals surface area contributed by atoms with Crippen molar-refractivity contribution in [1.29, 1.82) is 5.41 Å². The molecule has 33 heavy (non-hydrogen) atoms. The number of amidine groups is 1. The number of carbonyl (C=O) groups excluding carboxylic acids is 1. The van der Waals surface area contributed by atoms with Crippen LogP contribution in [0.2, 0.25) is 0 Å². The number of benzene rings is 2. The molecule has 1 aliphatic heterocycles. The summed E-state index contributed by atoms with van der Waals surface area (Å²) in [7, 11) is 0. The first kappa shape index (κ1) is 22.5. The number of rotatable bonds is 7. The van der Waals surface area contributed by atoms with Crippen LogP contribution in [0.25, 0.3) is 0 Å². The summed E-state index contributed by atoms with van der Waals surface area (Å²) in [5, 5.41) is 11.6. The summed E-state index contributed by atoms with van der Waals surface area (Å²) in [5.41, 5.74) is 1.96. The minimum Gasteiger partial charge on any atom is -0.459 e. The Bertz CT molecular complexity index is 1070. The summed E-state index contributed by atoms with van der Waals surface area (Å²) in [6.45, 7) is 2.55. The van der Waals surface area contributed by atoms with E-state index in [2.05, 4.69) is 22.3 Å². The van der Waals surface area contributed by atoms with Crippen LogP contribution in [0.4, 0.5) is 10.1 Å². The van der Waals surface area contributed by atoms with E-state index >= 15 is 0 Å². The summed E-state index contributed by atoms with van der Waals surface area (Å²) < 4.78 is 18.4. The van der Waals surface area contributed by atoms with Crippen molar-refractivity contribution in [3.8, 4) is 0 Å². The third-order valence-corrected chi connectivity index (χ3v) is 5.72. The first-order chi connectivity index (χ1) is 16.1. The average molecular weight is 447 g/mol. The van der Waals surface area contributed by atoms with Crippen LogP contribution in [0.15, 0.2) is 89.7 Å². The quantitative estimate of drug-likeness (QED) is 0.390. The number of nitrogens with one attached hydrogen (secondary N) is 2. The lowest BCUT2D eigenvalue weighted by Crippen LogP contribution is -2.49. The van der Waals surface area contributed by atoms with Gasteiger partial charge in [-0.25, -0.2) is 4.39 Å². The molecule has 0 aliphatic carbocycles. The predicted molar refractivity (Wildman–Crippen MR) is 127 cm³/mol. The average Bonchev–Trinajstić information content (AvgIpc) is 3.37. The SMILES string of the molecule is N=C(/C=C\Nc1ccc(F)cc1)N(C(=O)c1ccco1)C1CCN(Cc2ccccc2)CC1. The zero-order valence-electron chi connectivity index (χ0n) is 18.3. The number of hydrogen-bond donors (Lipinski definition) is 2. The van der Waals surface area contributed by atoms with Gasteiger partial charge in [-0.2, -0.15) is 0 Å². The van der Waals surface area contributed by atoms with E-state index in [-0.39, 0.29) is 29.4 Å². The number of piperidine rings is 1. The molecular formula is C26H27FN4O2. The number of furan rings is 1. The molecule has 6 nitrogen and oxygen atoms in total. The minimum absolute atomic E-state index is 0.0764. The number of hydrogen-bond acceptors (Lipinski definition) is 5. The molecule has 1 saturated heterocycles. The standard InChI is InChI=1S/C26H27FN4O2/c27-21-8-10-22(11-9-21)29-15-12-25(28)31(26(32)24-7-4-18-33-24)23-13-16-30(17-14-23)19-20-5-2-1-3-6-20/h1-12,15,18,23,28-29H,13-14,16-17,19H2/b15-12-,28-25?. The monoisotopic (exact) mass is 446 g/mol. The molecule has 0 bridgehead atoms. The van der Waals surface area contributed by atoms with E-state index in [9.17, 15) is 9.18 Å². The van der Waals surface area contributed by atoms with Gasteiger partial charge in [-0.15, -0.1) is 0 Å². The Kier molecular flexibility index (Phi) is 7.32. The maximum atomic E-state index is 13.2. The van der Waals surface area contributed by atoms with E-state index in [1.165, 1.54) is 28.9 Å². The van der Waals surface area contributed by atoms with Crippen molar-refractivity contribution in [3.63, 3.8) is 0 Å². The van der Waals surface area contributed by atoms with Crippen LogP contribution in [0.1, 0.15) is 29.0 Å². The molecule has 2 aromatic carbocycles. The van der Waals surface area contributed by atoms with Crippen molar-refractivity contribution >= 4 is 17.4 Å². The van der Waals surface area contributed by atoms with Gasteiger partial charge >= 0.3 is 0 Å². The number of nitrogens with zero attached hydrogens (tertiary/aromatic N) is 2. The van der Waals surface area contributed by atoms with Crippen molar-refractivity contribution in [3.05, 3.63) is 102 Å². The molecule has 7 heteroatoms. The van der Waals surface area contributed by atoms with Crippen LogP contribution in [-0.4, -0.2) is 40.7 Å². The Morgan fingerprint density at radius 2 is 1.82 bits per heavy atom. The molecule has 1 aliphatic rings. The molecule has 1 amide bonds. The third-order valence-electron chi connectivity index (χ3n) is 5.72. The number of amides is 1. The number of halogens is 1. The van der Waals surface area contributed by atoms with E-state index in [4.69, 9.17) is 9.83 Å². The fourth-order valence-electron chi connectivity index (χ4n) is 4.01. The van der Waals surface area contributed by atoms with Crippen molar-refractivity contribution in [2.45, 2.75) is 25.4 Å². The van der Waals surface area contributed by atoms with Gasteiger partial charge in [-0.3, -0.25) is 20.0 Å². The second-order valence-electron chi connectivity index (χ2n) is 8.02. The highest BCUT2D eigenvalue weighted by atomic mass is 19.1. The summed E-state index contributed by atoms with van der Waals surface area (Å²) in [5.74, 6) is -0.345. The second kappa shape index (κ2) is 10.7. The molecule has 0 spiro atoms. The van der Waals surface area contributed by atoms with E-state index in [1.54, 1.807) is 36.5 Å². The normalized spacial score (nSPS) is 14.9. The van der Waals surface area contributed by atoms with Gasteiger partial charge in [0.1, 0.15) is 11.7 Å². The predicted octanol–water partition coefficient (Wildman–Crippen LogP) is 5.13. The van der Waals surface area contributed by atoms with Crippen LogP contribution in [0, 0.1) is 11.2 Å². The van der Waals surface area contributed by atoms with Gasteiger partial charge in [0.2, 0.25) is 0 Å². The Morgan fingerprint density at radius 1 is 1.09 bits per heavy atom. The summed E-state index contributed by atoms with van der Waals surface area (Å²) in [6.07, 6.45) is 6.12. The first-order valence-electron chi connectivity index (χ1n) is 11.0. The topological polar surface area (TPSA) is 72.6 Å². The van der Waals surface area contributed by atoms with Crippen LogP contribution < -0.4 is 5.32 Å². The van der Waals surface area contributed by atoms with Gasteiger partial charge in [0.05, 0.1) is 6.26 Å². The first-order valence-corrected chi connectivity index (χ1v) is 11.0. The van der Waals surface area contributed by atoms with Crippen molar-refractivity contribution in [2.75, 3.05) is 18.4 Å². The van der Waals surface area contributed by atoms with Crippen molar-refractivity contribution in [2.24, 2.45) is 0 Å². The lowest BCUT2D eigenvalue weighted by Gasteiger charge is -2.37. The van der Waals surface area contributed by atoms with E-state index < -0.39 is 0 Å². The van der Waals surface area contributed by atoms with Gasteiger partial charge < -0.3 is 9.73 Å². The van der Waals surface area contributed by atoms with Crippen LogP contribution >= 0.6 is 0 Å². The minimum atomic E-state index is -0.321. The molecule has 1 fully saturated rings. The molecule has 3 aromatic rings. The Labute approximate surface area is 192 Å². The van der Waals surface area contributed by atoms with E-state index in [0.29, 0.717) is 5.69 Å². The second-order valence-corrected chi connectivity index (χ2v) is 8.02. The highest BCUT2D eigenvalue weighted by Gasteiger charge is 2.31. The molecule has 170 valence electrons. The largest absolute Gasteiger partial charge is 0.459 e. The Hall–Kier alpha value is -3.71. The van der Waals surface area contributed by atoms with Gasteiger partial charge in [0.15, 0.2) is 5.76 Å². The molecule has 2 N–H and O–H groups in total. The molecule has 1 aromatic heterocycles. The van der Waals surface area contributed by atoms with Crippen LogP contribution in [-0.2, 0) is 6.54 Å². The number of likely N-dealkylation sites (tertiary alicyclic amines) is 1. The summed E-state index contributed by atoms with van der Waals surface area (Å²) in [4.78, 5) is 17.1. The molecule has 0 unspecified atom stereocenters. The Morgan fingerprint density at radius 3 is 2.48 bits per heavy atom. The van der Waals surface area contributed by atoms with Crippen LogP contribution in [0.3, 0.4) is 0 Å². The maximum absolute atomic E-state index is 13.2. The lowest BCUT2D eigenvalue weighted by atomic mass is 10.0. The van der Waals surface area contributed by atoms with Gasteiger partial charge in [0, 0.05) is 37.6 Å². The van der Waals surface area contributed by atoms with E-state index in [1.807, 2.05) is 18.2 Å². The van der Waals surface area contributed by atoms with Crippen molar-refractivity contribution in [1.82, 2.24) is 9.80 Å².